The van der Waals surface area contributed by atoms with E-state index >= 15 is 0 Å². The van der Waals surface area contributed by atoms with Gasteiger partial charge in [-0.25, -0.2) is 4.98 Å². The standard InChI is InChI=1S/C10H9BrN4/c11-10-9(2-1-3-14-10)15-7-8-6-12-4-5-13-8/h1-6,15H,7H2. The molecule has 0 amide bonds. The van der Waals surface area contributed by atoms with Crippen LogP contribution in [-0.4, -0.2) is 15.0 Å². The molecule has 15 heavy (non-hydrogen) atoms. The number of hydrogen-bond donors (Lipinski definition) is 1. The lowest BCUT2D eigenvalue weighted by Crippen LogP contribution is -2.02. The lowest BCUT2D eigenvalue weighted by molar-refractivity contribution is 1.00. The maximum atomic E-state index is 4.16. The number of hydrogen-bond acceptors (Lipinski definition) is 4. The van der Waals surface area contributed by atoms with E-state index in [0.717, 1.165) is 16.0 Å². The Kier molecular flexibility index (Phi) is 3.24. The van der Waals surface area contributed by atoms with Crippen LogP contribution in [0.15, 0.2) is 41.5 Å². The van der Waals surface area contributed by atoms with Gasteiger partial charge in [0.05, 0.1) is 24.1 Å². The normalized spacial score (nSPS) is 9.93. The molecule has 0 unspecified atom stereocenters. The first-order chi connectivity index (χ1) is 7.36. The predicted octanol–water partition coefficient (Wildman–Crippen LogP) is 2.25. The van der Waals surface area contributed by atoms with Gasteiger partial charge in [0.15, 0.2) is 0 Å². The van der Waals surface area contributed by atoms with E-state index in [0.29, 0.717) is 6.54 Å². The highest BCUT2D eigenvalue weighted by atomic mass is 79.9. The van der Waals surface area contributed by atoms with Crippen molar-refractivity contribution < 1.29 is 0 Å². The van der Waals surface area contributed by atoms with Gasteiger partial charge in [-0.05, 0) is 28.1 Å². The Hall–Kier alpha value is -1.49. The van der Waals surface area contributed by atoms with Gasteiger partial charge in [0.1, 0.15) is 4.60 Å². The number of halogens is 1. The molecular formula is C10H9BrN4. The van der Waals surface area contributed by atoms with Gasteiger partial charge in [0, 0.05) is 18.6 Å². The van der Waals surface area contributed by atoms with E-state index in [4.69, 9.17) is 0 Å². The van der Waals surface area contributed by atoms with Gasteiger partial charge >= 0.3 is 0 Å². The fourth-order valence-electron chi connectivity index (χ4n) is 1.12. The van der Waals surface area contributed by atoms with Crippen molar-refractivity contribution in [1.29, 1.82) is 0 Å². The molecule has 0 aliphatic carbocycles. The van der Waals surface area contributed by atoms with E-state index < -0.39 is 0 Å². The lowest BCUT2D eigenvalue weighted by Gasteiger charge is -2.06. The summed E-state index contributed by atoms with van der Waals surface area (Å²) < 4.78 is 0.800. The Labute approximate surface area is 95.9 Å². The van der Waals surface area contributed by atoms with Gasteiger partial charge in [-0.1, -0.05) is 0 Å². The monoisotopic (exact) mass is 264 g/mol. The minimum absolute atomic E-state index is 0.637. The molecule has 0 atom stereocenters. The topological polar surface area (TPSA) is 50.7 Å². The molecule has 2 rings (SSSR count). The van der Waals surface area contributed by atoms with Gasteiger partial charge in [-0.3, -0.25) is 9.97 Å². The van der Waals surface area contributed by atoms with Gasteiger partial charge in [-0.2, -0.15) is 0 Å². The quantitative estimate of drug-likeness (QED) is 0.865. The van der Waals surface area contributed by atoms with E-state index in [1.54, 1.807) is 24.8 Å². The summed E-state index contributed by atoms with van der Waals surface area (Å²) in [6.07, 6.45) is 6.80. The second-order valence-electron chi connectivity index (χ2n) is 2.89. The Morgan fingerprint density at radius 3 is 2.87 bits per heavy atom. The molecule has 0 fully saturated rings. The van der Waals surface area contributed by atoms with Crippen molar-refractivity contribution in [2.45, 2.75) is 6.54 Å². The Bertz CT molecular complexity index is 432. The van der Waals surface area contributed by atoms with E-state index in [2.05, 4.69) is 36.2 Å². The number of anilines is 1. The first-order valence-electron chi connectivity index (χ1n) is 4.45. The molecule has 0 saturated carbocycles. The highest BCUT2D eigenvalue weighted by Crippen LogP contribution is 2.18. The Morgan fingerprint density at radius 2 is 2.13 bits per heavy atom. The molecule has 0 aliphatic heterocycles. The smallest absolute Gasteiger partial charge is 0.129 e. The van der Waals surface area contributed by atoms with Crippen LogP contribution in [0.2, 0.25) is 0 Å². The van der Waals surface area contributed by atoms with E-state index in [-0.39, 0.29) is 0 Å². The fourth-order valence-corrected chi connectivity index (χ4v) is 1.52. The predicted molar refractivity (Wildman–Crippen MR) is 61.3 cm³/mol. The number of nitrogens with one attached hydrogen (secondary N) is 1. The van der Waals surface area contributed by atoms with Crippen LogP contribution in [0.1, 0.15) is 5.69 Å². The molecule has 2 aromatic rings. The van der Waals surface area contributed by atoms with Gasteiger partial charge in [0.25, 0.3) is 0 Å². The summed E-state index contributed by atoms with van der Waals surface area (Å²) >= 11 is 3.36. The molecule has 0 radical (unpaired) electrons. The van der Waals surface area contributed by atoms with Crippen LogP contribution in [-0.2, 0) is 6.54 Å². The largest absolute Gasteiger partial charge is 0.377 e. The van der Waals surface area contributed by atoms with Crippen LogP contribution in [0.3, 0.4) is 0 Å². The third kappa shape index (κ3) is 2.73. The fraction of sp³-hybridized carbons (Fsp3) is 0.100. The van der Waals surface area contributed by atoms with Crippen molar-refractivity contribution in [1.82, 2.24) is 15.0 Å². The summed E-state index contributed by atoms with van der Waals surface area (Å²) in [5.74, 6) is 0. The molecule has 4 nitrogen and oxygen atoms in total. The maximum Gasteiger partial charge on any atom is 0.129 e. The SMILES string of the molecule is Brc1ncccc1NCc1cnccn1. The second-order valence-corrected chi connectivity index (χ2v) is 3.64. The minimum Gasteiger partial charge on any atom is -0.377 e. The molecule has 0 spiro atoms. The van der Waals surface area contributed by atoms with Crippen LogP contribution >= 0.6 is 15.9 Å². The third-order valence-corrected chi connectivity index (χ3v) is 2.47. The van der Waals surface area contributed by atoms with Gasteiger partial charge in [-0.15, -0.1) is 0 Å². The average Bonchev–Trinajstić information content (AvgIpc) is 2.29. The maximum absolute atomic E-state index is 4.16. The molecule has 76 valence electrons. The summed E-state index contributed by atoms with van der Waals surface area (Å²) in [6, 6.07) is 3.83. The van der Waals surface area contributed by atoms with Crippen molar-refractivity contribution in [2.24, 2.45) is 0 Å². The Morgan fingerprint density at radius 1 is 1.20 bits per heavy atom. The van der Waals surface area contributed by atoms with Crippen LogP contribution in [0.4, 0.5) is 5.69 Å². The second kappa shape index (κ2) is 4.84. The number of aromatic nitrogens is 3. The van der Waals surface area contributed by atoms with E-state index in [1.165, 1.54) is 0 Å². The first-order valence-corrected chi connectivity index (χ1v) is 5.25. The zero-order valence-corrected chi connectivity index (χ0v) is 9.48. The molecule has 2 aromatic heterocycles. The van der Waals surface area contributed by atoms with Crippen molar-refractivity contribution in [3.05, 3.63) is 47.2 Å². The molecule has 1 N–H and O–H groups in total. The van der Waals surface area contributed by atoms with Crippen LogP contribution in [0.5, 0.6) is 0 Å². The number of nitrogens with zero attached hydrogens (tertiary/aromatic N) is 3. The molecule has 0 aliphatic rings. The van der Waals surface area contributed by atoms with E-state index in [1.807, 2.05) is 12.1 Å². The summed E-state index contributed by atoms with van der Waals surface area (Å²) in [4.78, 5) is 12.3. The van der Waals surface area contributed by atoms with Crippen molar-refractivity contribution in [3.63, 3.8) is 0 Å². The van der Waals surface area contributed by atoms with E-state index in [9.17, 15) is 0 Å². The lowest BCUT2D eigenvalue weighted by atomic mass is 10.4. The molecule has 0 bridgehead atoms. The van der Waals surface area contributed by atoms with Gasteiger partial charge in [0.2, 0.25) is 0 Å². The van der Waals surface area contributed by atoms with Crippen molar-refractivity contribution >= 4 is 21.6 Å². The third-order valence-electron chi connectivity index (χ3n) is 1.84. The summed E-state index contributed by atoms with van der Waals surface area (Å²) in [5, 5.41) is 3.22. The molecule has 5 heteroatoms. The molecule has 0 aromatic carbocycles. The van der Waals surface area contributed by atoms with Crippen molar-refractivity contribution in [2.75, 3.05) is 5.32 Å². The summed E-state index contributed by atoms with van der Waals surface area (Å²) in [5.41, 5.74) is 1.84. The zero-order valence-electron chi connectivity index (χ0n) is 7.89. The van der Waals surface area contributed by atoms with Crippen LogP contribution in [0.25, 0.3) is 0 Å². The van der Waals surface area contributed by atoms with Crippen LogP contribution in [0, 0.1) is 0 Å². The summed E-state index contributed by atoms with van der Waals surface area (Å²) in [6.45, 7) is 0.637. The number of rotatable bonds is 3. The molecule has 0 saturated heterocycles. The molecular weight excluding hydrogens is 256 g/mol. The Balaban J connectivity index is 2.03. The van der Waals surface area contributed by atoms with Gasteiger partial charge < -0.3 is 5.32 Å². The van der Waals surface area contributed by atoms with Crippen molar-refractivity contribution in [3.8, 4) is 0 Å². The highest BCUT2D eigenvalue weighted by molar-refractivity contribution is 9.10. The number of pyridine rings is 1. The average molecular weight is 265 g/mol. The first kappa shape index (κ1) is 10.0. The van der Waals surface area contributed by atoms with Crippen LogP contribution < -0.4 is 5.32 Å². The summed E-state index contributed by atoms with van der Waals surface area (Å²) in [7, 11) is 0. The molecule has 2 heterocycles. The highest BCUT2D eigenvalue weighted by Gasteiger charge is 1.99. The minimum atomic E-state index is 0.637. The zero-order chi connectivity index (χ0) is 10.5.